The third-order valence-corrected chi connectivity index (χ3v) is 5.22. The standard InChI is InChI=1S/C18H20N2O2/c1-10-5-11(2)7-14(6-10)19-9-20-17(21)15-12-3-4-13(8-12)16(15)18(20)22/h3-7,12-13,15-16,19H,8-9H2,1-2H3/t12-,13-,15-,16-/m0/s1. The van der Waals surface area contributed by atoms with Gasteiger partial charge in [0.2, 0.25) is 11.8 Å². The molecule has 2 amide bonds. The van der Waals surface area contributed by atoms with Gasteiger partial charge in [0.1, 0.15) is 0 Å². The zero-order valence-corrected chi connectivity index (χ0v) is 12.9. The maximum Gasteiger partial charge on any atom is 0.235 e. The molecule has 1 saturated heterocycles. The zero-order chi connectivity index (χ0) is 15.4. The lowest BCUT2D eigenvalue weighted by Gasteiger charge is -2.19. The number of amides is 2. The third-order valence-electron chi connectivity index (χ3n) is 5.22. The number of aryl methyl sites for hydroxylation is 2. The largest absolute Gasteiger partial charge is 0.367 e. The van der Waals surface area contributed by atoms with Crippen LogP contribution in [0.3, 0.4) is 0 Å². The summed E-state index contributed by atoms with van der Waals surface area (Å²) in [4.78, 5) is 26.6. The number of nitrogens with one attached hydrogen (secondary N) is 1. The Morgan fingerprint density at radius 1 is 1.00 bits per heavy atom. The number of carbonyl (C=O) groups is 2. The number of likely N-dealkylation sites (tertiary alicyclic amines) is 1. The lowest BCUT2D eigenvalue weighted by molar-refractivity contribution is -0.140. The normalized spacial score (nSPS) is 32.0. The Morgan fingerprint density at radius 3 is 2.09 bits per heavy atom. The number of benzene rings is 1. The fourth-order valence-corrected chi connectivity index (χ4v) is 4.37. The van der Waals surface area contributed by atoms with Crippen LogP contribution in [0.4, 0.5) is 5.69 Å². The highest BCUT2D eigenvalue weighted by Gasteiger charge is 2.59. The Kier molecular flexibility index (Phi) is 2.90. The molecule has 0 unspecified atom stereocenters. The van der Waals surface area contributed by atoms with Crippen molar-refractivity contribution in [2.45, 2.75) is 20.3 Å². The first-order valence-corrected chi connectivity index (χ1v) is 7.90. The second-order valence-electron chi connectivity index (χ2n) is 6.82. The molecular weight excluding hydrogens is 276 g/mol. The van der Waals surface area contributed by atoms with Crippen molar-refractivity contribution in [3.05, 3.63) is 41.5 Å². The quantitative estimate of drug-likeness (QED) is 0.688. The van der Waals surface area contributed by atoms with Crippen molar-refractivity contribution in [3.63, 3.8) is 0 Å². The Labute approximate surface area is 130 Å². The van der Waals surface area contributed by atoms with Crippen LogP contribution >= 0.6 is 0 Å². The number of nitrogens with zero attached hydrogens (tertiary/aromatic N) is 1. The van der Waals surface area contributed by atoms with E-state index in [1.807, 2.05) is 26.0 Å². The van der Waals surface area contributed by atoms with E-state index in [0.717, 1.165) is 12.1 Å². The van der Waals surface area contributed by atoms with Crippen LogP contribution in [0.2, 0.25) is 0 Å². The fraction of sp³-hybridized carbons (Fsp3) is 0.444. The van der Waals surface area contributed by atoms with Crippen LogP contribution in [0.5, 0.6) is 0 Å². The summed E-state index contributed by atoms with van der Waals surface area (Å²) >= 11 is 0. The lowest BCUT2D eigenvalue weighted by Crippen LogP contribution is -2.37. The third kappa shape index (κ3) is 1.90. The SMILES string of the molecule is Cc1cc(C)cc(NCN2C(=O)[C@@H]3[C@@H](C2=O)[C@H]2C=C[C@H]3C2)c1. The number of anilines is 1. The molecule has 1 aromatic rings. The molecule has 2 fully saturated rings. The Bertz CT molecular complexity index is 644. The predicted molar refractivity (Wildman–Crippen MR) is 84.0 cm³/mol. The zero-order valence-electron chi connectivity index (χ0n) is 12.9. The molecule has 1 aromatic carbocycles. The summed E-state index contributed by atoms with van der Waals surface area (Å²) in [5.74, 6) is 0.342. The van der Waals surface area contributed by atoms with Gasteiger partial charge < -0.3 is 5.32 Å². The maximum atomic E-state index is 12.6. The molecule has 2 bridgehead atoms. The number of rotatable bonds is 3. The van der Waals surface area contributed by atoms with Crippen molar-refractivity contribution in [3.8, 4) is 0 Å². The van der Waals surface area contributed by atoms with Crippen molar-refractivity contribution in [2.24, 2.45) is 23.7 Å². The molecule has 1 aliphatic heterocycles. The summed E-state index contributed by atoms with van der Waals surface area (Å²) in [6, 6.07) is 6.17. The van der Waals surface area contributed by atoms with Crippen LogP contribution in [0.15, 0.2) is 30.4 Å². The molecule has 1 N–H and O–H groups in total. The topological polar surface area (TPSA) is 49.4 Å². The molecule has 0 aromatic heterocycles. The molecule has 4 rings (SSSR count). The molecule has 1 heterocycles. The van der Waals surface area contributed by atoms with Crippen molar-refractivity contribution in [1.29, 1.82) is 0 Å². The van der Waals surface area contributed by atoms with E-state index in [4.69, 9.17) is 0 Å². The Balaban J connectivity index is 1.50. The van der Waals surface area contributed by atoms with Crippen LogP contribution in [-0.2, 0) is 9.59 Å². The van der Waals surface area contributed by atoms with Crippen molar-refractivity contribution in [2.75, 3.05) is 12.0 Å². The molecule has 4 atom stereocenters. The van der Waals surface area contributed by atoms with E-state index < -0.39 is 0 Å². The van der Waals surface area contributed by atoms with Crippen molar-refractivity contribution < 1.29 is 9.59 Å². The number of hydrogen-bond acceptors (Lipinski definition) is 3. The molecule has 4 heteroatoms. The van der Waals surface area contributed by atoms with Gasteiger partial charge in [-0.15, -0.1) is 0 Å². The van der Waals surface area contributed by atoms with E-state index in [2.05, 4.69) is 23.5 Å². The summed E-state index contributed by atoms with van der Waals surface area (Å²) in [5, 5.41) is 3.23. The predicted octanol–water partition coefficient (Wildman–Crippen LogP) is 2.48. The van der Waals surface area contributed by atoms with Gasteiger partial charge >= 0.3 is 0 Å². The molecule has 4 nitrogen and oxygen atoms in total. The second kappa shape index (κ2) is 4.70. The van der Waals surface area contributed by atoms with Crippen LogP contribution in [0.1, 0.15) is 17.5 Å². The molecule has 22 heavy (non-hydrogen) atoms. The second-order valence-corrected chi connectivity index (χ2v) is 6.82. The van der Waals surface area contributed by atoms with Crippen LogP contribution in [-0.4, -0.2) is 23.4 Å². The van der Waals surface area contributed by atoms with Crippen LogP contribution < -0.4 is 5.32 Å². The average molecular weight is 296 g/mol. The number of fused-ring (bicyclic) bond motifs is 5. The first-order valence-electron chi connectivity index (χ1n) is 7.90. The van der Waals surface area contributed by atoms with Gasteiger partial charge in [-0.3, -0.25) is 14.5 Å². The summed E-state index contributed by atoms with van der Waals surface area (Å²) in [5.41, 5.74) is 3.29. The number of carbonyl (C=O) groups excluding carboxylic acids is 2. The van der Waals surface area contributed by atoms with E-state index in [-0.39, 0.29) is 42.2 Å². The van der Waals surface area contributed by atoms with E-state index in [1.165, 1.54) is 16.0 Å². The first kappa shape index (κ1) is 13.6. The maximum absolute atomic E-state index is 12.6. The minimum absolute atomic E-state index is 0.00345. The molecule has 0 spiro atoms. The van der Waals surface area contributed by atoms with Crippen molar-refractivity contribution >= 4 is 17.5 Å². The van der Waals surface area contributed by atoms with Gasteiger partial charge in [-0.05, 0) is 55.4 Å². The van der Waals surface area contributed by atoms with Gasteiger partial charge in [0.15, 0.2) is 0 Å². The van der Waals surface area contributed by atoms with Crippen LogP contribution in [0, 0.1) is 37.5 Å². The smallest absolute Gasteiger partial charge is 0.235 e. The minimum Gasteiger partial charge on any atom is -0.367 e. The average Bonchev–Trinajstić information content (AvgIpc) is 3.11. The molecule has 2 aliphatic carbocycles. The molecule has 3 aliphatic rings. The van der Waals surface area contributed by atoms with Gasteiger partial charge in [-0.2, -0.15) is 0 Å². The molecular formula is C18H20N2O2. The fourth-order valence-electron chi connectivity index (χ4n) is 4.37. The number of hydrogen-bond donors (Lipinski definition) is 1. The van der Waals surface area contributed by atoms with Gasteiger partial charge in [0, 0.05) is 5.69 Å². The Morgan fingerprint density at radius 2 is 1.55 bits per heavy atom. The van der Waals surface area contributed by atoms with Crippen LogP contribution in [0.25, 0.3) is 0 Å². The highest BCUT2D eigenvalue weighted by molar-refractivity contribution is 6.06. The summed E-state index contributed by atoms with van der Waals surface area (Å²) in [6.07, 6.45) is 5.22. The Hall–Kier alpha value is -2.10. The van der Waals surface area contributed by atoms with Gasteiger partial charge in [-0.1, -0.05) is 18.2 Å². The summed E-state index contributed by atoms with van der Waals surface area (Å²) < 4.78 is 0. The summed E-state index contributed by atoms with van der Waals surface area (Å²) in [6.45, 7) is 4.35. The van der Waals surface area contributed by atoms with E-state index >= 15 is 0 Å². The van der Waals surface area contributed by atoms with E-state index in [0.29, 0.717) is 0 Å². The molecule has 114 valence electrons. The van der Waals surface area contributed by atoms with Gasteiger partial charge in [-0.25, -0.2) is 0 Å². The van der Waals surface area contributed by atoms with Gasteiger partial charge in [0.25, 0.3) is 0 Å². The lowest BCUT2D eigenvalue weighted by atomic mass is 9.85. The molecule has 0 radical (unpaired) electrons. The first-order chi connectivity index (χ1) is 10.5. The number of allylic oxidation sites excluding steroid dienone is 2. The van der Waals surface area contributed by atoms with Gasteiger partial charge in [0.05, 0.1) is 18.5 Å². The number of imide groups is 1. The molecule has 1 saturated carbocycles. The van der Waals surface area contributed by atoms with E-state index in [1.54, 1.807) is 0 Å². The van der Waals surface area contributed by atoms with E-state index in [9.17, 15) is 9.59 Å². The minimum atomic E-state index is -0.108. The monoisotopic (exact) mass is 296 g/mol. The van der Waals surface area contributed by atoms with Crippen molar-refractivity contribution in [1.82, 2.24) is 4.90 Å². The highest BCUT2D eigenvalue weighted by Crippen LogP contribution is 2.52. The summed E-state index contributed by atoms with van der Waals surface area (Å²) in [7, 11) is 0. The highest BCUT2D eigenvalue weighted by atomic mass is 16.2.